The van der Waals surface area contributed by atoms with E-state index in [1.165, 1.54) is 22.3 Å². The second-order valence-electron chi connectivity index (χ2n) is 12.2. The molecule has 6 rings (SSSR count). The average Bonchev–Trinajstić information content (AvgIpc) is 3.65. The molecule has 8 bridgehead atoms. The lowest BCUT2D eigenvalue weighted by Crippen LogP contribution is -2.08. The van der Waals surface area contributed by atoms with E-state index in [9.17, 15) is 14.7 Å². The maximum absolute atomic E-state index is 13.4. The Labute approximate surface area is 240 Å². The lowest BCUT2D eigenvalue weighted by molar-refractivity contribution is -0.137. The number of hydrogen-bond acceptors (Lipinski definition) is 4. The smallest absolute Gasteiger partial charge is 0.303 e. The van der Waals surface area contributed by atoms with Crippen LogP contribution in [-0.2, 0) is 11.2 Å². The summed E-state index contributed by atoms with van der Waals surface area (Å²) in [5, 5.41) is 9.53. The number of aromatic amines is 2. The number of carbonyl (C=O) groups is 2. The van der Waals surface area contributed by atoms with Crippen LogP contribution < -0.4 is 0 Å². The molecule has 0 saturated heterocycles. The van der Waals surface area contributed by atoms with E-state index in [2.05, 4.69) is 69.7 Å². The van der Waals surface area contributed by atoms with Crippen LogP contribution in [0.4, 0.5) is 0 Å². The largest absolute Gasteiger partial charge is 0.481 e. The fourth-order valence-corrected chi connectivity index (χ4v) is 7.19. The van der Waals surface area contributed by atoms with Crippen LogP contribution in [0.2, 0.25) is 0 Å². The first kappa shape index (κ1) is 27.2. The second kappa shape index (κ2) is 9.82. The summed E-state index contributed by atoms with van der Waals surface area (Å²) in [7, 11) is 0. The number of nitrogens with zero attached hydrogens (tertiary/aromatic N) is 2. The molecule has 7 heteroatoms. The van der Waals surface area contributed by atoms with Crippen LogP contribution in [0.25, 0.3) is 33.2 Å². The number of allylic oxidation sites excluding steroid dienone is 2. The van der Waals surface area contributed by atoms with E-state index in [1.54, 1.807) is 0 Å². The summed E-state index contributed by atoms with van der Waals surface area (Å²) >= 11 is 0. The van der Waals surface area contributed by atoms with Crippen LogP contribution in [0.5, 0.6) is 0 Å². The third kappa shape index (κ3) is 4.25. The summed E-state index contributed by atoms with van der Waals surface area (Å²) in [6.45, 7) is 15.0. The number of carboxylic acids is 1. The molecule has 3 aromatic rings. The summed E-state index contributed by atoms with van der Waals surface area (Å²) < 4.78 is 0. The lowest BCUT2D eigenvalue weighted by Gasteiger charge is -2.16. The van der Waals surface area contributed by atoms with Crippen molar-refractivity contribution in [3.8, 4) is 0 Å². The molecule has 3 aromatic heterocycles. The minimum Gasteiger partial charge on any atom is -0.481 e. The number of rotatable bonds is 5. The van der Waals surface area contributed by atoms with Crippen molar-refractivity contribution in [2.24, 2.45) is 0 Å². The molecule has 3 N–H and O–H groups in total. The molecule has 0 saturated carbocycles. The quantitative estimate of drug-likeness (QED) is 0.299. The Morgan fingerprint density at radius 2 is 1.73 bits per heavy atom. The van der Waals surface area contributed by atoms with Gasteiger partial charge in [-0.2, -0.15) is 0 Å². The van der Waals surface area contributed by atoms with Crippen LogP contribution in [-0.4, -0.2) is 36.8 Å². The number of aliphatic carboxylic acids is 1. The Bertz CT molecular complexity index is 1840. The SMILES string of the molecule is CCC1=C(C)c2cc3[nH]c(cc4nc(c5c6[nH]c(cc1n2)c(C)c6C(=O)C5)[C@@H](CCC(=O)O)[C@@H]4C)c(C)c3C(C)C. The van der Waals surface area contributed by atoms with E-state index in [4.69, 9.17) is 9.97 Å². The predicted molar refractivity (Wildman–Crippen MR) is 163 cm³/mol. The molecule has 3 aliphatic rings. The zero-order chi connectivity index (χ0) is 29.3. The van der Waals surface area contributed by atoms with Gasteiger partial charge < -0.3 is 15.1 Å². The van der Waals surface area contributed by atoms with Crippen LogP contribution >= 0.6 is 0 Å². The molecule has 0 spiro atoms. The molecule has 1 aliphatic carbocycles. The summed E-state index contributed by atoms with van der Waals surface area (Å²) in [4.78, 5) is 42.5. The normalized spacial score (nSPS) is 18.2. The third-order valence-corrected chi connectivity index (χ3v) is 9.40. The fraction of sp³-hybridized carbons (Fsp3) is 0.412. The minimum absolute atomic E-state index is 0.0136. The van der Waals surface area contributed by atoms with Crippen LogP contribution in [0.3, 0.4) is 0 Å². The molecular formula is C34H38N4O3. The van der Waals surface area contributed by atoms with Gasteiger partial charge in [0.05, 0.1) is 22.6 Å². The molecule has 7 nitrogen and oxygen atoms in total. The van der Waals surface area contributed by atoms with Gasteiger partial charge >= 0.3 is 5.97 Å². The van der Waals surface area contributed by atoms with E-state index in [0.717, 1.165) is 68.0 Å². The van der Waals surface area contributed by atoms with Gasteiger partial charge in [-0.05, 0) is 85.6 Å². The van der Waals surface area contributed by atoms with E-state index < -0.39 is 5.97 Å². The highest BCUT2D eigenvalue weighted by Crippen LogP contribution is 2.44. The molecule has 41 heavy (non-hydrogen) atoms. The Morgan fingerprint density at radius 3 is 2.41 bits per heavy atom. The summed E-state index contributed by atoms with van der Waals surface area (Å²) in [5.41, 5.74) is 14.8. The topological polar surface area (TPSA) is 112 Å². The van der Waals surface area contributed by atoms with Crippen LogP contribution in [0.1, 0.15) is 127 Å². The number of aromatic nitrogens is 4. The number of H-pyrrole nitrogens is 2. The monoisotopic (exact) mass is 550 g/mol. The van der Waals surface area contributed by atoms with E-state index in [0.29, 0.717) is 12.3 Å². The number of hydrogen-bond donors (Lipinski definition) is 3. The number of fused-ring (bicyclic) bond motifs is 8. The van der Waals surface area contributed by atoms with Crippen molar-refractivity contribution in [2.75, 3.05) is 0 Å². The average molecular weight is 551 g/mol. The number of aryl methyl sites for hydroxylation is 2. The maximum atomic E-state index is 13.4. The second-order valence-corrected chi connectivity index (χ2v) is 12.2. The predicted octanol–water partition coefficient (Wildman–Crippen LogP) is 7.89. The summed E-state index contributed by atoms with van der Waals surface area (Å²) in [6.07, 6.45) is 1.66. The molecule has 0 unspecified atom stereocenters. The standard InChI is InChI=1S/C34H38N4O3/c1-8-20-16(4)23-14-28-31(15(2)3)18(6)25(36-28)12-24-17(5)21(9-10-30(40)41)33(37-24)22-11-29(39)32-19(7)26(38-34(22)32)13-27(20)35-23/h12-15,17,21,36,38H,8-11H2,1-7H3,(H,40,41)/t17-,21-/m0/s1. The Kier molecular flexibility index (Phi) is 6.51. The van der Waals surface area contributed by atoms with Crippen molar-refractivity contribution in [1.82, 2.24) is 19.9 Å². The first-order valence-corrected chi connectivity index (χ1v) is 14.7. The van der Waals surface area contributed by atoms with Gasteiger partial charge in [-0.3, -0.25) is 14.6 Å². The third-order valence-electron chi connectivity index (χ3n) is 9.40. The number of ketones is 1. The molecule has 212 valence electrons. The van der Waals surface area contributed by atoms with E-state index in [-0.39, 0.29) is 30.5 Å². The molecule has 0 radical (unpaired) electrons. The van der Waals surface area contributed by atoms with E-state index in [1.807, 2.05) is 6.92 Å². The first-order chi connectivity index (χ1) is 19.5. The van der Waals surface area contributed by atoms with Crippen LogP contribution in [0, 0.1) is 13.8 Å². The minimum atomic E-state index is -0.821. The molecular weight excluding hydrogens is 512 g/mol. The Hall–Kier alpha value is -4.00. The number of carboxylic acid groups (broad SMARTS) is 1. The van der Waals surface area contributed by atoms with Crippen LogP contribution in [0.15, 0.2) is 18.2 Å². The highest BCUT2D eigenvalue weighted by molar-refractivity contribution is 6.13. The van der Waals surface area contributed by atoms with Crippen molar-refractivity contribution in [3.05, 3.63) is 68.8 Å². The Balaban J connectivity index is 1.77. The number of carbonyl (C=O) groups excluding carboxylic acids is 1. The van der Waals surface area contributed by atoms with Gasteiger partial charge in [0.2, 0.25) is 0 Å². The van der Waals surface area contributed by atoms with Gasteiger partial charge in [-0.15, -0.1) is 0 Å². The van der Waals surface area contributed by atoms with E-state index >= 15 is 0 Å². The highest BCUT2D eigenvalue weighted by Gasteiger charge is 2.36. The van der Waals surface area contributed by atoms with Gasteiger partial charge in [0.15, 0.2) is 5.78 Å². The first-order valence-electron chi connectivity index (χ1n) is 14.7. The van der Waals surface area contributed by atoms with Gasteiger partial charge in [0.1, 0.15) is 0 Å². The van der Waals surface area contributed by atoms with Crippen molar-refractivity contribution < 1.29 is 14.7 Å². The zero-order valence-corrected chi connectivity index (χ0v) is 25.0. The molecule has 2 aliphatic heterocycles. The number of Topliss-reactive ketones (excluding diaryl/α,β-unsaturated/α-hetero) is 1. The van der Waals surface area contributed by atoms with Gasteiger partial charge in [-0.25, -0.2) is 4.98 Å². The highest BCUT2D eigenvalue weighted by atomic mass is 16.4. The molecule has 2 atom stereocenters. The maximum Gasteiger partial charge on any atom is 0.303 e. The molecule has 5 heterocycles. The molecule has 0 amide bonds. The fourth-order valence-electron chi connectivity index (χ4n) is 7.19. The molecule has 0 aromatic carbocycles. The van der Waals surface area contributed by atoms with Gasteiger partial charge in [-0.1, -0.05) is 27.7 Å². The summed E-state index contributed by atoms with van der Waals surface area (Å²) in [6, 6.07) is 6.37. The molecule has 0 fully saturated rings. The zero-order valence-electron chi connectivity index (χ0n) is 25.0. The van der Waals surface area contributed by atoms with Crippen molar-refractivity contribution in [3.63, 3.8) is 0 Å². The Morgan fingerprint density at radius 1 is 1.02 bits per heavy atom. The van der Waals surface area contributed by atoms with Gasteiger partial charge in [0.25, 0.3) is 0 Å². The van der Waals surface area contributed by atoms with Crippen molar-refractivity contribution in [2.45, 2.75) is 91.9 Å². The number of nitrogens with one attached hydrogen (secondary N) is 2. The van der Waals surface area contributed by atoms with Crippen molar-refractivity contribution in [1.29, 1.82) is 0 Å². The van der Waals surface area contributed by atoms with Crippen molar-refractivity contribution >= 4 is 45.0 Å². The summed E-state index contributed by atoms with van der Waals surface area (Å²) in [5.74, 6) is -0.507. The lowest BCUT2D eigenvalue weighted by atomic mass is 9.85. The van der Waals surface area contributed by atoms with Gasteiger partial charge in [0, 0.05) is 58.0 Å².